The van der Waals surface area contributed by atoms with E-state index in [1.807, 2.05) is 0 Å². The first-order valence-electron chi connectivity index (χ1n) is 14.3. The quantitative estimate of drug-likeness (QED) is 0.220. The molecule has 6 aromatic carbocycles. The van der Waals surface area contributed by atoms with Crippen LogP contribution in [0.1, 0.15) is 11.7 Å². The summed E-state index contributed by atoms with van der Waals surface area (Å²) >= 11 is 0. The Kier molecular flexibility index (Phi) is 7.22. The van der Waals surface area contributed by atoms with Crippen molar-refractivity contribution in [3.05, 3.63) is 169 Å². The number of anilines is 2. The summed E-state index contributed by atoms with van der Waals surface area (Å²) < 4.78 is 0. The molecule has 1 aliphatic rings. The van der Waals surface area contributed by atoms with Crippen LogP contribution >= 0.6 is 0 Å². The number of benzene rings is 6. The third kappa shape index (κ3) is 5.54. The predicted octanol–water partition coefficient (Wildman–Crippen LogP) is 8.68. The van der Waals surface area contributed by atoms with Crippen LogP contribution in [0.3, 0.4) is 0 Å². The molecule has 0 spiro atoms. The van der Waals surface area contributed by atoms with Gasteiger partial charge in [0.15, 0.2) is 0 Å². The molecule has 4 nitrogen and oxygen atoms in total. The summed E-state index contributed by atoms with van der Waals surface area (Å²) in [5.41, 5.74) is 18.1. The second kappa shape index (κ2) is 11.8. The Balaban J connectivity index is 1.18. The molecule has 42 heavy (non-hydrogen) atoms. The van der Waals surface area contributed by atoms with Gasteiger partial charge in [-0.25, -0.2) is 10.9 Å². The van der Waals surface area contributed by atoms with Crippen molar-refractivity contribution in [2.45, 2.75) is 6.17 Å². The summed E-state index contributed by atoms with van der Waals surface area (Å²) in [7, 11) is 0. The van der Waals surface area contributed by atoms with Gasteiger partial charge in [-0.2, -0.15) is 0 Å². The highest BCUT2D eigenvalue weighted by atomic mass is 15.7. The summed E-state index contributed by atoms with van der Waals surface area (Å²) in [6.45, 7) is 0.633. The highest BCUT2D eigenvalue weighted by Gasteiger charge is 2.26. The molecule has 0 aromatic heterocycles. The van der Waals surface area contributed by atoms with Crippen LogP contribution in [0.25, 0.3) is 33.4 Å². The molecule has 0 aliphatic carbocycles. The topological polar surface area (TPSA) is 30.5 Å². The van der Waals surface area contributed by atoms with E-state index in [0.717, 1.165) is 16.9 Å². The fourth-order valence-corrected chi connectivity index (χ4v) is 5.45. The van der Waals surface area contributed by atoms with E-state index in [4.69, 9.17) is 0 Å². The normalized spacial score (nSPS) is 13.7. The highest BCUT2D eigenvalue weighted by molar-refractivity contribution is 5.68. The minimum absolute atomic E-state index is 0.119. The number of hydrogen-bond donors (Lipinski definition) is 2. The first kappa shape index (κ1) is 25.8. The average molecular weight is 545 g/mol. The summed E-state index contributed by atoms with van der Waals surface area (Å²) in [5, 5.41) is 4.43. The maximum absolute atomic E-state index is 3.72. The molecule has 0 unspecified atom stereocenters. The van der Waals surface area contributed by atoms with Crippen LogP contribution in [0.15, 0.2) is 164 Å². The number of nitrogens with one attached hydrogen (secondary N) is 2. The monoisotopic (exact) mass is 544 g/mol. The van der Waals surface area contributed by atoms with Crippen molar-refractivity contribution in [2.75, 3.05) is 16.7 Å². The lowest BCUT2D eigenvalue weighted by Gasteiger charge is -2.44. The first-order valence-corrected chi connectivity index (χ1v) is 14.3. The fourth-order valence-electron chi connectivity index (χ4n) is 5.45. The molecule has 1 aliphatic heterocycles. The Hall–Kier alpha value is -5.16. The van der Waals surface area contributed by atoms with Gasteiger partial charge in [-0.05, 0) is 63.2 Å². The second-order valence-corrected chi connectivity index (χ2v) is 10.5. The number of nitrogens with zero attached hydrogens (tertiary/aromatic N) is 2. The van der Waals surface area contributed by atoms with Crippen LogP contribution in [-0.2, 0) is 0 Å². The largest absolute Gasteiger partial charge is 0.286 e. The molecular weight excluding hydrogens is 512 g/mol. The second-order valence-electron chi connectivity index (χ2n) is 10.5. The van der Waals surface area contributed by atoms with E-state index in [1.165, 1.54) is 33.4 Å². The average Bonchev–Trinajstić information content (AvgIpc) is 3.09. The third-order valence-corrected chi connectivity index (χ3v) is 7.78. The minimum Gasteiger partial charge on any atom is -0.286 e. The molecule has 204 valence electrons. The molecule has 0 atom stereocenters. The molecule has 0 saturated carbocycles. The Morgan fingerprint density at radius 2 is 0.667 bits per heavy atom. The Morgan fingerprint density at radius 1 is 0.357 bits per heavy atom. The SMILES string of the molecule is c1ccc(-c2ccc(C3NN(c4ccc(-c5ccccc5)cc4)CN(c4ccc(-c5ccccc5)cc4)N3)cc2)cc1. The lowest BCUT2D eigenvalue weighted by Crippen LogP contribution is -2.62. The van der Waals surface area contributed by atoms with Gasteiger partial charge >= 0.3 is 0 Å². The van der Waals surface area contributed by atoms with Gasteiger partial charge in [0.1, 0.15) is 12.8 Å². The van der Waals surface area contributed by atoms with Crippen molar-refractivity contribution in [3.8, 4) is 33.4 Å². The van der Waals surface area contributed by atoms with E-state index < -0.39 is 0 Å². The van der Waals surface area contributed by atoms with Crippen molar-refractivity contribution in [3.63, 3.8) is 0 Å². The van der Waals surface area contributed by atoms with Crippen LogP contribution in [0.5, 0.6) is 0 Å². The van der Waals surface area contributed by atoms with Gasteiger partial charge in [-0.15, -0.1) is 0 Å². The van der Waals surface area contributed by atoms with Crippen molar-refractivity contribution < 1.29 is 0 Å². The Bertz CT molecular complexity index is 1500. The van der Waals surface area contributed by atoms with E-state index in [0.29, 0.717) is 6.67 Å². The van der Waals surface area contributed by atoms with Crippen LogP contribution in [-0.4, -0.2) is 6.67 Å². The van der Waals surface area contributed by atoms with Crippen LogP contribution in [0.4, 0.5) is 11.4 Å². The van der Waals surface area contributed by atoms with Crippen LogP contribution < -0.4 is 20.9 Å². The van der Waals surface area contributed by atoms with E-state index in [-0.39, 0.29) is 6.17 Å². The molecule has 0 radical (unpaired) electrons. The molecule has 1 heterocycles. The molecular formula is C38H32N4. The van der Waals surface area contributed by atoms with E-state index in [1.54, 1.807) is 0 Å². The summed E-state index contributed by atoms with van der Waals surface area (Å²) in [6, 6.07) is 57.8. The van der Waals surface area contributed by atoms with Crippen molar-refractivity contribution in [2.24, 2.45) is 0 Å². The van der Waals surface area contributed by atoms with Gasteiger partial charge in [0, 0.05) is 0 Å². The molecule has 0 bridgehead atoms. The number of rotatable bonds is 6. The smallest absolute Gasteiger partial charge is 0.120 e. The summed E-state index contributed by atoms with van der Waals surface area (Å²) in [5.74, 6) is 0. The Labute approximate surface area is 247 Å². The molecule has 7 rings (SSSR count). The van der Waals surface area contributed by atoms with Gasteiger partial charge < -0.3 is 0 Å². The number of hydrazine groups is 2. The molecule has 4 heteroatoms. The standard InChI is InChI=1S/C38H32N4/c1-4-10-29(11-5-1)32-16-18-35(19-17-32)38-39-41(36-24-20-33(21-25-36)30-12-6-2-7-13-30)28-42(40-38)37-26-22-34(23-27-37)31-14-8-3-9-15-31/h1-27,38-40H,28H2. The van der Waals surface area contributed by atoms with Crippen LogP contribution in [0.2, 0.25) is 0 Å². The molecule has 2 N–H and O–H groups in total. The summed E-state index contributed by atoms with van der Waals surface area (Å²) in [6.07, 6.45) is -0.119. The van der Waals surface area contributed by atoms with Crippen molar-refractivity contribution >= 4 is 11.4 Å². The maximum atomic E-state index is 3.72. The summed E-state index contributed by atoms with van der Waals surface area (Å²) in [4.78, 5) is 0. The molecule has 1 saturated heterocycles. The van der Waals surface area contributed by atoms with E-state index >= 15 is 0 Å². The first-order chi connectivity index (χ1) is 20.8. The third-order valence-electron chi connectivity index (χ3n) is 7.78. The molecule has 6 aromatic rings. The van der Waals surface area contributed by atoms with Gasteiger partial charge in [0.2, 0.25) is 0 Å². The van der Waals surface area contributed by atoms with Gasteiger partial charge in [0.25, 0.3) is 0 Å². The predicted molar refractivity (Wildman–Crippen MR) is 174 cm³/mol. The van der Waals surface area contributed by atoms with E-state index in [9.17, 15) is 0 Å². The lowest BCUT2D eigenvalue weighted by atomic mass is 10.0. The van der Waals surface area contributed by atoms with Crippen molar-refractivity contribution in [1.82, 2.24) is 10.9 Å². The van der Waals surface area contributed by atoms with Gasteiger partial charge in [-0.3, -0.25) is 10.0 Å². The Morgan fingerprint density at radius 3 is 1.02 bits per heavy atom. The van der Waals surface area contributed by atoms with Gasteiger partial charge in [-0.1, -0.05) is 140 Å². The van der Waals surface area contributed by atoms with E-state index in [2.05, 4.69) is 185 Å². The van der Waals surface area contributed by atoms with Crippen molar-refractivity contribution in [1.29, 1.82) is 0 Å². The molecule has 1 fully saturated rings. The molecule has 0 amide bonds. The highest BCUT2D eigenvalue weighted by Crippen LogP contribution is 2.29. The zero-order valence-electron chi connectivity index (χ0n) is 23.3. The number of hydrogen-bond acceptors (Lipinski definition) is 4. The van der Waals surface area contributed by atoms with Gasteiger partial charge in [0.05, 0.1) is 11.4 Å². The minimum atomic E-state index is -0.119. The zero-order valence-corrected chi connectivity index (χ0v) is 23.3. The lowest BCUT2D eigenvalue weighted by molar-refractivity contribution is 0.348. The van der Waals surface area contributed by atoms with Crippen LogP contribution in [0, 0.1) is 0 Å². The zero-order chi connectivity index (χ0) is 28.1. The fraction of sp³-hybridized carbons (Fsp3) is 0.0526. The maximum Gasteiger partial charge on any atom is 0.120 e.